The molecule has 1 heterocycles. The van der Waals surface area contributed by atoms with Crippen LogP contribution in [0.5, 0.6) is 11.5 Å². The third kappa shape index (κ3) is 6.57. The van der Waals surface area contributed by atoms with E-state index in [0.717, 1.165) is 49.8 Å². The molecule has 0 saturated carbocycles. The largest absolute Gasteiger partial charge is 0.497 e. The maximum Gasteiger partial charge on any atom is 0.288 e. The van der Waals surface area contributed by atoms with E-state index in [0.29, 0.717) is 22.3 Å². The summed E-state index contributed by atoms with van der Waals surface area (Å²) in [5, 5.41) is 2.88. The van der Waals surface area contributed by atoms with Crippen LogP contribution < -0.4 is 14.8 Å². The third-order valence-corrected chi connectivity index (χ3v) is 6.29. The number of carbonyl (C=O) groups excluding carboxylic acids is 1. The first-order valence-electron chi connectivity index (χ1n) is 10.4. The summed E-state index contributed by atoms with van der Waals surface area (Å²) in [6.07, 6.45) is 0. The monoisotopic (exact) mass is 465 g/mol. The summed E-state index contributed by atoms with van der Waals surface area (Å²) in [4.78, 5) is 17.6. The van der Waals surface area contributed by atoms with E-state index in [1.54, 1.807) is 38.5 Å². The average molecular weight is 466 g/mol. The Kier molecular flexibility index (Phi) is 8.72. The second-order valence-corrected chi connectivity index (χ2v) is 8.62. The van der Waals surface area contributed by atoms with Gasteiger partial charge in [0.15, 0.2) is 0 Å². The molecule has 0 spiro atoms. The molecule has 1 aliphatic rings. The highest BCUT2D eigenvalue weighted by molar-refractivity contribution is 7.99. The summed E-state index contributed by atoms with van der Waals surface area (Å²) in [7, 11) is 3.31. The summed E-state index contributed by atoms with van der Waals surface area (Å²) in [6.45, 7) is 5.83. The summed E-state index contributed by atoms with van der Waals surface area (Å²) < 4.78 is 35.7. The van der Waals surface area contributed by atoms with Gasteiger partial charge in [-0.25, -0.2) is 0 Å². The number of piperazine rings is 1. The van der Waals surface area contributed by atoms with Gasteiger partial charge in [-0.05, 0) is 49.4 Å². The highest BCUT2D eigenvalue weighted by atomic mass is 32.2. The number of thioether (sulfide) groups is 1. The first-order chi connectivity index (χ1) is 15.4. The highest BCUT2D eigenvalue weighted by Gasteiger charge is 2.26. The second kappa shape index (κ2) is 11.5. The van der Waals surface area contributed by atoms with Gasteiger partial charge in [-0.3, -0.25) is 14.6 Å². The standard InChI is InChI=1S/C23H29F2N3O3S/c1-16(22(29)26-18-4-7-20(8-5-18)32-23(24)25)28-12-10-27(11-13-28)15-17-14-19(30-2)6-9-21(17)31-3/h4-9,14,16,23H,10-13,15H2,1-3H3,(H,26,29)/t16-/m0/s1. The lowest BCUT2D eigenvalue weighted by molar-refractivity contribution is -0.121. The lowest BCUT2D eigenvalue weighted by Gasteiger charge is -2.37. The summed E-state index contributed by atoms with van der Waals surface area (Å²) in [5.41, 5.74) is 1.67. The molecule has 0 bridgehead atoms. The van der Waals surface area contributed by atoms with Crippen molar-refractivity contribution in [3.63, 3.8) is 0 Å². The normalized spacial score (nSPS) is 16.1. The fourth-order valence-electron chi connectivity index (χ4n) is 3.69. The van der Waals surface area contributed by atoms with Crippen molar-refractivity contribution in [1.82, 2.24) is 9.80 Å². The lowest BCUT2D eigenvalue weighted by atomic mass is 10.1. The van der Waals surface area contributed by atoms with Gasteiger partial charge in [-0.2, -0.15) is 8.78 Å². The highest BCUT2D eigenvalue weighted by Crippen LogP contribution is 2.27. The van der Waals surface area contributed by atoms with Crippen molar-refractivity contribution in [2.24, 2.45) is 0 Å². The zero-order valence-corrected chi connectivity index (χ0v) is 19.3. The number of carbonyl (C=O) groups is 1. The first kappa shape index (κ1) is 24.3. The van der Waals surface area contributed by atoms with Gasteiger partial charge in [-0.1, -0.05) is 11.8 Å². The molecule has 1 aliphatic heterocycles. The van der Waals surface area contributed by atoms with Gasteiger partial charge < -0.3 is 14.8 Å². The van der Waals surface area contributed by atoms with E-state index in [4.69, 9.17) is 9.47 Å². The third-order valence-electron chi connectivity index (χ3n) is 5.56. The minimum atomic E-state index is -2.46. The number of rotatable bonds is 9. The number of halogens is 2. The van der Waals surface area contributed by atoms with Gasteiger partial charge in [0.25, 0.3) is 5.76 Å². The predicted octanol–water partition coefficient (Wildman–Crippen LogP) is 4.16. The maximum absolute atomic E-state index is 12.7. The van der Waals surface area contributed by atoms with Crippen LogP contribution in [0, 0.1) is 0 Å². The van der Waals surface area contributed by atoms with Crippen LogP contribution >= 0.6 is 11.8 Å². The molecule has 1 amide bonds. The lowest BCUT2D eigenvalue weighted by Crippen LogP contribution is -2.52. The number of amides is 1. The molecule has 9 heteroatoms. The van der Waals surface area contributed by atoms with Gasteiger partial charge in [0.05, 0.1) is 20.3 Å². The van der Waals surface area contributed by atoms with Gasteiger partial charge >= 0.3 is 0 Å². The number of hydrogen-bond donors (Lipinski definition) is 1. The molecule has 0 radical (unpaired) electrons. The van der Waals surface area contributed by atoms with E-state index >= 15 is 0 Å². The van der Waals surface area contributed by atoms with E-state index in [1.807, 2.05) is 25.1 Å². The fraction of sp³-hybridized carbons (Fsp3) is 0.435. The Bertz CT molecular complexity index is 891. The molecule has 0 aromatic heterocycles. The Labute approximate surface area is 191 Å². The summed E-state index contributed by atoms with van der Waals surface area (Å²) >= 11 is 0.486. The Morgan fingerprint density at radius 2 is 1.75 bits per heavy atom. The molecule has 1 fully saturated rings. The number of methoxy groups -OCH3 is 2. The molecule has 3 rings (SSSR count). The predicted molar refractivity (Wildman–Crippen MR) is 123 cm³/mol. The van der Waals surface area contributed by atoms with Crippen LogP contribution in [0.2, 0.25) is 0 Å². The van der Waals surface area contributed by atoms with Crippen LogP contribution in [0.25, 0.3) is 0 Å². The molecular weight excluding hydrogens is 436 g/mol. The number of benzene rings is 2. The zero-order valence-electron chi connectivity index (χ0n) is 18.5. The molecule has 32 heavy (non-hydrogen) atoms. The second-order valence-electron chi connectivity index (χ2n) is 7.56. The van der Waals surface area contributed by atoms with E-state index in [1.165, 1.54) is 0 Å². The Morgan fingerprint density at radius 1 is 1.06 bits per heavy atom. The average Bonchev–Trinajstić information content (AvgIpc) is 2.80. The smallest absolute Gasteiger partial charge is 0.288 e. The number of alkyl halides is 2. The Balaban J connectivity index is 1.50. The van der Waals surface area contributed by atoms with Crippen LogP contribution in [0.3, 0.4) is 0 Å². The maximum atomic E-state index is 12.7. The van der Waals surface area contributed by atoms with Crippen LogP contribution in [0.4, 0.5) is 14.5 Å². The minimum Gasteiger partial charge on any atom is -0.497 e. The number of nitrogens with one attached hydrogen (secondary N) is 1. The Morgan fingerprint density at radius 3 is 2.34 bits per heavy atom. The van der Waals surface area contributed by atoms with Gasteiger partial charge in [0.1, 0.15) is 11.5 Å². The number of hydrogen-bond acceptors (Lipinski definition) is 6. The van der Waals surface area contributed by atoms with Crippen LogP contribution in [0.1, 0.15) is 12.5 Å². The molecule has 1 saturated heterocycles. The molecule has 6 nitrogen and oxygen atoms in total. The van der Waals surface area contributed by atoms with Crippen LogP contribution in [-0.2, 0) is 11.3 Å². The first-order valence-corrected chi connectivity index (χ1v) is 11.3. The number of nitrogens with zero attached hydrogens (tertiary/aromatic N) is 2. The van der Waals surface area contributed by atoms with Crippen molar-refractivity contribution in [2.45, 2.75) is 30.2 Å². The van der Waals surface area contributed by atoms with Crippen molar-refractivity contribution in [3.05, 3.63) is 48.0 Å². The minimum absolute atomic E-state index is 0.109. The molecule has 1 atom stereocenters. The number of anilines is 1. The molecule has 0 aliphatic carbocycles. The zero-order chi connectivity index (χ0) is 23.1. The van der Waals surface area contributed by atoms with Gasteiger partial charge in [0.2, 0.25) is 5.91 Å². The van der Waals surface area contributed by atoms with Crippen LogP contribution in [-0.4, -0.2) is 67.9 Å². The molecule has 0 unspecified atom stereocenters. The molecule has 1 N–H and O–H groups in total. The van der Waals surface area contributed by atoms with Crippen molar-refractivity contribution in [1.29, 1.82) is 0 Å². The topological polar surface area (TPSA) is 54.0 Å². The van der Waals surface area contributed by atoms with Crippen molar-refractivity contribution in [2.75, 3.05) is 45.7 Å². The van der Waals surface area contributed by atoms with E-state index < -0.39 is 5.76 Å². The molecule has 174 valence electrons. The molecule has 2 aromatic rings. The van der Waals surface area contributed by atoms with Crippen molar-refractivity contribution < 1.29 is 23.0 Å². The fourth-order valence-corrected chi connectivity index (χ4v) is 4.19. The van der Waals surface area contributed by atoms with Crippen LogP contribution in [0.15, 0.2) is 47.4 Å². The Hall–Kier alpha value is -2.36. The van der Waals surface area contributed by atoms with Gasteiger partial charge in [-0.15, -0.1) is 0 Å². The summed E-state index contributed by atoms with van der Waals surface area (Å²) in [6, 6.07) is 12.0. The van der Waals surface area contributed by atoms with E-state index in [2.05, 4.69) is 15.1 Å². The van der Waals surface area contributed by atoms with Crippen molar-refractivity contribution in [3.8, 4) is 11.5 Å². The molecule has 2 aromatic carbocycles. The van der Waals surface area contributed by atoms with E-state index in [-0.39, 0.29) is 11.9 Å². The molecular formula is C23H29F2N3O3S. The quantitative estimate of drug-likeness (QED) is 0.562. The van der Waals surface area contributed by atoms with Gasteiger partial charge in [0, 0.05) is 48.9 Å². The van der Waals surface area contributed by atoms with Crippen molar-refractivity contribution >= 4 is 23.4 Å². The van der Waals surface area contributed by atoms with E-state index in [9.17, 15) is 13.6 Å². The summed E-state index contributed by atoms with van der Waals surface area (Å²) in [5.74, 6) is -0.939. The SMILES string of the molecule is COc1ccc(OC)c(CN2CCN([C@@H](C)C(=O)Nc3ccc(SC(F)F)cc3)CC2)c1. The number of ether oxygens (including phenoxy) is 2.